The van der Waals surface area contributed by atoms with Crippen molar-refractivity contribution in [2.24, 2.45) is 13.0 Å². The molecular formula is C17H22N4O2S. The van der Waals surface area contributed by atoms with Gasteiger partial charge in [-0.05, 0) is 11.4 Å². The Morgan fingerprint density at radius 1 is 1.42 bits per heavy atom. The van der Waals surface area contributed by atoms with Crippen LogP contribution in [0.25, 0.3) is 0 Å². The molecule has 2 saturated heterocycles. The predicted octanol–water partition coefficient (Wildman–Crippen LogP) is 1.45. The molecule has 0 unspecified atom stereocenters. The molecule has 0 bridgehead atoms. The van der Waals surface area contributed by atoms with Gasteiger partial charge < -0.3 is 9.64 Å². The second kappa shape index (κ2) is 6.66. The van der Waals surface area contributed by atoms with E-state index >= 15 is 0 Å². The molecule has 2 atom stereocenters. The molecule has 0 radical (unpaired) electrons. The Hall–Kier alpha value is -1.70. The highest BCUT2D eigenvalue weighted by Crippen LogP contribution is 2.26. The number of nitrogens with zero attached hydrogens (tertiary/aromatic N) is 4. The van der Waals surface area contributed by atoms with Crippen LogP contribution in [0.4, 0.5) is 0 Å². The summed E-state index contributed by atoms with van der Waals surface area (Å²) >= 11 is 1.51. The quantitative estimate of drug-likeness (QED) is 0.844. The van der Waals surface area contributed by atoms with Crippen molar-refractivity contribution in [1.82, 2.24) is 19.6 Å². The molecule has 1 amide bonds. The smallest absolute Gasteiger partial charge is 0.264 e. The fourth-order valence-corrected chi connectivity index (χ4v) is 4.33. The minimum absolute atomic E-state index is 0.139. The number of carbonyl (C=O) groups excluding carboxylic acids is 1. The number of aryl methyl sites for hydroxylation is 1. The summed E-state index contributed by atoms with van der Waals surface area (Å²) in [6.45, 7) is 5.00. The fraction of sp³-hybridized carbons (Fsp3) is 0.529. The first-order valence-corrected chi connectivity index (χ1v) is 9.21. The van der Waals surface area contributed by atoms with E-state index in [-0.39, 0.29) is 12.0 Å². The van der Waals surface area contributed by atoms with Gasteiger partial charge in [-0.25, -0.2) is 0 Å². The van der Waals surface area contributed by atoms with E-state index in [0.717, 1.165) is 37.7 Å². The van der Waals surface area contributed by atoms with E-state index in [1.165, 1.54) is 16.9 Å². The molecule has 2 aromatic heterocycles. The maximum absolute atomic E-state index is 12.6. The zero-order valence-electron chi connectivity index (χ0n) is 13.8. The molecule has 2 fully saturated rings. The van der Waals surface area contributed by atoms with Gasteiger partial charge in [0.1, 0.15) is 0 Å². The van der Waals surface area contributed by atoms with Crippen molar-refractivity contribution < 1.29 is 9.53 Å². The molecule has 0 spiro atoms. The molecule has 0 N–H and O–H groups in total. The normalized spacial score (nSPS) is 24.8. The zero-order chi connectivity index (χ0) is 16.5. The van der Waals surface area contributed by atoms with Crippen molar-refractivity contribution in [3.05, 3.63) is 40.3 Å². The predicted molar refractivity (Wildman–Crippen MR) is 91.9 cm³/mol. The van der Waals surface area contributed by atoms with Crippen LogP contribution >= 0.6 is 11.3 Å². The average Bonchev–Trinajstić information content (AvgIpc) is 3.28. The maximum Gasteiger partial charge on any atom is 0.264 e. The molecule has 24 heavy (non-hydrogen) atoms. The second-order valence-electron chi connectivity index (χ2n) is 6.61. The van der Waals surface area contributed by atoms with Crippen LogP contribution in [0.15, 0.2) is 29.9 Å². The number of rotatable bonds is 3. The number of amides is 1. The highest BCUT2D eigenvalue weighted by atomic mass is 32.1. The first kappa shape index (κ1) is 15.8. The standard InChI is InChI=1S/C17H22N4O2S/c1-19-8-13(7-18-19)9-20-4-5-23-15-12-21(11-14(15)10-20)17(22)16-3-2-6-24-16/h2-3,6-8,14-15H,4-5,9-12H2,1H3/t14-,15+/m0/s1. The molecule has 0 aromatic carbocycles. The number of fused-ring (bicyclic) bond motifs is 1. The zero-order valence-corrected chi connectivity index (χ0v) is 14.6. The highest BCUT2D eigenvalue weighted by Gasteiger charge is 2.38. The van der Waals surface area contributed by atoms with Crippen LogP contribution < -0.4 is 0 Å². The van der Waals surface area contributed by atoms with Gasteiger partial charge in [0.25, 0.3) is 5.91 Å². The minimum atomic E-state index is 0.139. The molecular weight excluding hydrogens is 324 g/mol. The van der Waals surface area contributed by atoms with E-state index in [1.54, 1.807) is 0 Å². The summed E-state index contributed by atoms with van der Waals surface area (Å²) in [4.78, 5) is 17.8. The van der Waals surface area contributed by atoms with Crippen LogP contribution in [0.2, 0.25) is 0 Å². The lowest BCUT2D eigenvalue weighted by Crippen LogP contribution is -2.33. The van der Waals surface area contributed by atoms with E-state index in [9.17, 15) is 4.79 Å². The molecule has 4 rings (SSSR count). The van der Waals surface area contributed by atoms with Gasteiger partial charge in [-0.15, -0.1) is 11.3 Å². The third kappa shape index (κ3) is 3.24. The molecule has 6 nitrogen and oxygen atoms in total. The molecule has 4 heterocycles. The van der Waals surface area contributed by atoms with Crippen molar-refractivity contribution in [2.45, 2.75) is 12.6 Å². The van der Waals surface area contributed by atoms with E-state index in [0.29, 0.717) is 12.5 Å². The van der Waals surface area contributed by atoms with Crippen molar-refractivity contribution in [1.29, 1.82) is 0 Å². The molecule has 0 aliphatic carbocycles. The summed E-state index contributed by atoms with van der Waals surface area (Å²) in [6, 6.07) is 3.83. The Labute approximate surface area is 145 Å². The van der Waals surface area contributed by atoms with Crippen molar-refractivity contribution in [3.63, 3.8) is 0 Å². The number of hydrogen-bond acceptors (Lipinski definition) is 5. The van der Waals surface area contributed by atoms with Crippen LogP contribution in [-0.2, 0) is 18.3 Å². The number of hydrogen-bond donors (Lipinski definition) is 0. The fourth-order valence-electron chi connectivity index (χ4n) is 3.64. The Bertz CT molecular complexity index is 699. The summed E-state index contributed by atoms with van der Waals surface area (Å²) < 4.78 is 7.88. The maximum atomic E-state index is 12.6. The van der Waals surface area contributed by atoms with Gasteiger partial charge in [0, 0.05) is 57.4 Å². The number of carbonyl (C=O) groups is 1. The van der Waals surface area contributed by atoms with Crippen LogP contribution in [0.1, 0.15) is 15.2 Å². The number of thiophene rings is 1. The van der Waals surface area contributed by atoms with E-state index in [1.807, 2.05) is 40.3 Å². The SMILES string of the molecule is Cn1cc(CN2CCO[C@@H]3CN(C(=O)c4cccs4)C[C@@H]3C2)cn1. The van der Waals surface area contributed by atoms with Gasteiger partial charge in [0.2, 0.25) is 0 Å². The molecule has 2 aromatic rings. The summed E-state index contributed by atoms with van der Waals surface area (Å²) in [5.74, 6) is 0.522. The lowest BCUT2D eigenvalue weighted by molar-refractivity contribution is 0.0484. The lowest BCUT2D eigenvalue weighted by Gasteiger charge is -2.22. The first-order chi connectivity index (χ1) is 11.7. The monoisotopic (exact) mass is 346 g/mol. The largest absolute Gasteiger partial charge is 0.375 e. The van der Waals surface area contributed by atoms with Gasteiger partial charge in [0.15, 0.2) is 0 Å². The van der Waals surface area contributed by atoms with Crippen LogP contribution in [0, 0.1) is 5.92 Å². The van der Waals surface area contributed by atoms with Crippen LogP contribution in [-0.4, -0.2) is 64.4 Å². The van der Waals surface area contributed by atoms with Crippen molar-refractivity contribution >= 4 is 17.2 Å². The second-order valence-corrected chi connectivity index (χ2v) is 7.56. The first-order valence-electron chi connectivity index (χ1n) is 8.33. The minimum Gasteiger partial charge on any atom is -0.375 e. The topological polar surface area (TPSA) is 50.6 Å². The van der Waals surface area contributed by atoms with Gasteiger partial charge >= 0.3 is 0 Å². The third-order valence-electron chi connectivity index (χ3n) is 4.80. The Balaban J connectivity index is 1.40. The summed E-state index contributed by atoms with van der Waals surface area (Å²) in [6.07, 6.45) is 4.14. The van der Waals surface area contributed by atoms with Crippen LogP contribution in [0.3, 0.4) is 0 Å². The Morgan fingerprint density at radius 3 is 3.08 bits per heavy atom. The summed E-state index contributed by atoms with van der Waals surface area (Å²) in [5, 5.41) is 6.19. The summed E-state index contributed by atoms with van der Waals surface area (Å²) in [5.41, 5.74) is 1.22. The lowest BCUT2D eigenvalue weighted by atomic mass is 10.1. The third-order valence-corrected chi connectivity index (χ3v) is 5.65. The van der Waals surface area contributed by atoms with Crippen molar-refractivity contribution in [2.75, 3.05) is 32.8 Å². The van der Waals surface area contributed by atoms with Crippen molar-refractivity contribution in [3.8, 4) is 0 Å². The van der Waals surface area contributed by atoms with E-state index < -0.39 is 0 Å². The Kier molecular flexibility index (Phi) is 4.39. The molecule has 0 saturated carbocycles. The highest BCUT2D eigenvalue weighted by molar-refractivity contribution is 7.12. The van der Waals surface area contributed by atoms with E-state index in [4.69, 9.17) is 4.74 Å². The van der Waals surface area contributed by atoms with Crippen LogP contribution in [0.5, 0.6) is 0 Å². The van der Waals surface area contributed by atoms with E-state index in [2.05, 4.69) is 16.2 Å². The molecule has 7 heteroatoms. The average molecular weight is 346 g/mol. The molecule has 2 aliphatic heterocycles. The molecule has 2 aliphatic rings. The van der Waals surface area contributed by atoms with Gasteiger partial charge in [-0.2, -0.15) is 5.10 Å². The number of aromatic nitrogens is 2. The number of likely N-dealkylation sites (tertiary alicyclic amines) is 1. The van der Waals surface area contributed by atoms with Gasteiger partial charge in [-0.1, -0.05) is 6.07 Å². The van der Waals surface area contributed by atoms with Gasteiger partial charge in [0.05, 0.1) is 23.8 Å². The Morgan fingerprint density at radius 2 is 2.33 bits per heavy atom. The summed E-state index contributed by atoms with van der Waals surface area (Å²) in [7, 11) is 1.94. The van der Waals surface area contributed by atoms with Gasteiger partial charge in [-0.3, -0.25) is 14.4 Å². The molecule has 128 valence electrons. The number of ether oxygens (including phenoxy) is 1.